The summed E-state index contributed by atoms with van der Waals surface area (Å²) in [6.45, 7) is 5.23. The third kappa shape index (κ3) is 9.81. The predicted molar refractivity (Wildman–Crippen MR) is 189 cm³/mol. The van der Waals surface area contributed by atoms with Gasteiger partial charge in [0.2, 0.25) is 11.8 Å². The number of benzene rings is 4. The Hall–Kier alpha value is -4.92. The van der Waals surface area contributed by atoms with Crippen molar-refractivity contribution in [1.29, 1.82) is 0 Å². The summed E-state index contributed by atoms with van der Waals surface area (Å²) in [7, 11) is 0. The van der Waals surface area contributed by atoms with Crippen molar-refractivity contribution in [2.45, 2.75) is 57.7 Å². The Bertz CT molecular complexity index is 1770. The molecule has 0 aliphatic carbocycles. The fraction of sp³-hybridized carbons (Fsp3) is 0.317. The lowest BCUT2D eigenvalue weighted by molar-refractivity contribution is 0.299. The Morgan fingerprint density at radius 1 is 0.531 bits per heavy atom. The Balaban J connectivity index is 0.867. The molecule has 2 fully saturated rings. The van der Waals surface area contributed by atoms with E-state index in [-0.39, 0.29) is 0 Å². The van der Waals surface area contributed by atoms with Crippen molar-refractivity contribution in [1.82, 2.24) is 10.2 Å². The van der Waals surface area contributed by atoms with Crippen molar-refractivity contribution in [3.63, 3.8) is 0 Å². The smallest absolute Gasteiger partial charge is 0.242 e. The summed E-state index contributed by atoms with van der Waals surface area (Å²) in [6, 6.07) is 34.1. The normalized spacial score (nSPS) is 16.2. The average molecular weight is 659 g/mol. The maximum atomic E-state index is 6.05. The van der Waals surface area contributed by atoms with Gasteiger partial charge in [-0.3, -0.25) is 0 Å². The highest BCUT2D eigenvalue weighted by Crippen LogP contribution is 2.31. The minimum Gasteiger partial charge on any atom is -0.494 e. The van der Waals surface area contributed by atoms with Crippen LogP contribution in [-0.2, 0) is 9.47 Å². The van der Waals surface area contributed by atoms with Gasteiger partial charge in [0, 0.05) is 11.6 Å². The SMILES string of the molecule is Cc1cc(Oc2ccc(-c3ccc(OCCCCC4CO4)cc3)cc2)nnc1Oc1ccc(-c2ccc(OCCCCC3CO3)cc2)cc1. The van der Waals surface area contributed by atoms with Crippen LogP contribution >= 0.6 is 0 Å². The first-order valence-corrected chi connectivity index (χ1v) is 17.2. The molecule has 0 bridgehead atoms. The molecule has 2 unspecified atom stereocenters. The van der Waals surface area contributed by atoms with Crippen molar-refractivity contribution in [3.05, 3.63) is 109 Å². The van der Waals surface area contributed by atoms with Crippen LogP contribution in [0.25, 0.3) is 22.3 Å². The highest BCUT2D eigenvalue weighted by atomic mass is 16.6. The molecule has 0 spiro atoms. The van der Waals surface area contributed by atoms with Crippen molar-refractivity contribution >= 4 is 0 Å². The van der Waals surface area contributed by atoms with Gasteiger partial charge in [-0.25, -0.2) is 0 Å². The molecule has 4 aromatic carbocycles. The van der Waals surface area contributed by atoms with Crippen LogP contribution in [0.15, 0.2) is 103 Å². The van der Waals surface area contributed by atoms with Crippen LogP contribution in [0.3, 0.4) is 0 Å². The third-order valence-electron chi connectivity index (χ3n) is 8.62. The standard InChI is InChI=1S/C41H42N2O6/c1-29-26-40(48-36-20-12-32(13-21-36)30-8-16-34(17-9-30)44-24-4-2-6-38-27-46-38)42-43-41(29)49-37-22-14-33(15-23-37)31-10-18-35(19-11-31)45-25-5-3-7-39-28-47-39/h8-23,26,38-39H,2-7,24-25,27-28H2,1H3. The Kier molecular flexibility index (Phi) is 10.6. The van der Waals surface area contributed by atoms with Gasteiger partial charge in [0.15, 0.2) is 0 Å². The molecular weight excluding hydrogens is 616 g/mol. The number of epoxide rings is 2. The molecule has 252 valence electrons. The summed E-state index contributed by atoms with van der Waals surface area (Å²) in [6.07, 6.45) is 7.62. The van der Waals surface area contributed by atoms with E-state index in [1.54, 1.807) is 0 Å². The minimum atomic E-state index is 0.402. The lowest BCUT2D eigenvalue weighted by Gasteiger charge is -2.11. The molecule has 2 aliphatic rings. The molecule has 7 rings (SSSR count). The number of hydrogen-bond acceptors (Lipinski definition) is 8. The quantitative estimate of drug-likeness (QED) is 0.0680. The fourth-order valence-electron chi connectivity index (χ4n) is 5.55. The molecule has 0 N–H and O–H groups in total. The molecule has 49 heavy (non-hydrogen) atoms. The van der Waals surface area contributed by atoms with Crippen molar-refractivity contribution < 1.29 is 28.4 Å². The zero-order valence-electron chi connectivity index (χ0n) is 27.9. The monoisotopic (exact) mass is 658 g/mol. The molecule has 0 amide bonds. The molecule has 3 heterocycles. The highest BCUT2D eigenvalue weighted by molar-refractivity contribution is 5.66. The number of aromatic nitrogens is 2. The van der Waals surface area contributed by atoms with Gasteiger partial charge in [-0.2, -0.15) is 0 Å². The van der Waals surface area contributed by atoms with Crippen molar-refractivity contribution in [2.24, 2.45) is 0 Å². The van der Waals surface area contributed by atoms with Crippen LogP contribution in [0.4, 0.5) is 0 Å². The zero-order chi connectivity index (χ0) is 33.3. The van der Waals surface area contributed by atoms with E-state index in [1.807, 2.05) is 85.8 Å². The van der Waals surface area contributed by atoms with E-state index >= 15 is 0 Å². The topological polar surface area (TPSA) is 87.8 Å². The lowest BCUT2D eigenvalue weighted by Crippen LogP contribution is -1.98. The van der Waals surface area contributed by atoms with Crippen molar-refractivity contribution in [3.8, 4) is 57.0 Å². The van der Waals surface area contributed by atoms with Crippen LogP contribution < -0.4 is 18.9 Å². The Morgan fingerprint density at radius 2 is 0.939 bits per heavy atom. The Morgan fingerprint density at radius 3 is 1.35 bits per heavy atom. The maximum Gasteiger partial charge on any atom is 0.242 e. The van der Waals surface area contributed by atoms with E-state index < -0.39 is 0 Å². The van der Waals surface area contributed by atoms with Gasteiger partial charge in [-0.1, -0.05) is 48.5 Å². The van der Waals surface area contributed by atoms with E-state index in [4.69, 9.17) is 28.4 Å². The summed E-state index contributed by atoms with van der Waals surface area (Å²) < 4.78 is 34.4. The zero-order valence-corrected chi connectivity index (χ0v) is 27.9. The molecule has 0 radical (unpaired) electrons. The number of hydrogen-bond donors (Lipinski definition) is 0. The first-order valence-electron chi connectivity index (χ1n) is 17.2. The van der Waals surface area contributed by atoms with Crippen LogP contribution in [-0.4, -0.2) is 48.8 Å². The first-order chi connectivity index (χ1) is 24.1. The molecule has 0 saturated carbocycles. The van der Waals surface area contributed by atoms with Gasteiger partial charge >= 0.3 is 0 Å². The van der Waals surface area contributed by atoms with Crippen LogP contribution in [0, 0.1) is 6.92 Å². The number of rotatable bonds is 18. The predicted octanol–water partition coefficient (Wildman–Crippen LogP) is 9.60. The van der Waals surface area contributed by atoms with Crippen LogP contribution in [0.2, 0.25) is 0 Å². The van der Waals surface area contributed by atoms with E-state index in [0.717, 1.165) is 104 Å². The van der Waals surface area contributed by atoms with Gasteiger partial charge in [0.25, 0.3) is 0 Å². The average Bonchev–Trinajstić information content (AvgIpc) is 4.08. The maximum absolute atomic E-state index is 6.05. The highest BCUT2D eigenvalue weighted by Gasteiger charge is 2.21. The van der Waals surface area contributed by atoms with E-state index in [2.05, 4.69) is 34.5 Å². The Labute approximate surface area is 287 Å². The molecule has 5 aromatic rings. The van der Waals surface area contributed by atoms with Gasteiger partial charge in [0.05, 0.1) is 38.6 Å². The van der Waals surface area contributed by atoms with Gasteiger partial charge in [-0.15, -0.1) is 10.2 Å². The number of ether oxygens (including phenoxy) is 6. The molecule has 2 saturated heterocycles. The van der Waals surface area contributed by atoms with E-state index in [9.17, 15) is 0 Å². The second-order valence-electron chi connectivity index (χ2n) is 12.6. The minimum absolute atomic E-state index is 0.402. The lowest BCUT2D eigenvalue weighted by atomic mass is 10.1. The summed E-state index contributed by atoms with van der Waals surface area (Å²) >= 11 is 0. The van der Waals surface area contributed by atoms with Crippen LogP contribution in [0.5, 0.6) is 34.8 Å². The third-order valence-corrected chi connectivity index (χ3v) is 8.62. The number of nitrogens with zero attached hydrogens (tertiary/aromatic N) is 2. The van der Waals surface area contributed by atoms with E-state index in [0.29, 0.717) is 35.5 Å². The molecule has 8 heteroatoms. The van der Waals surface area contributed by atoms with Crippen molar-refractivity contribution in [2.75, 3.05) is 26.4 Å². The second-order valence-corrected chi connectivity index (χ2v) is 12.6. The van der Waals surface area contributed by atoms with E-state index in [1.165, 1.54) is 0 Å². The first kappa shape index (κ1) is 32.6. The summed E-state index contributed by atoms with van der Waals surface area (Å²) in [5.41, 5.74) is 5.22. The molecule has 2 aliphatic heterocycles. The van der Waals surface area contributed by atoms with Gasteiger partial charge in [-0.05, 0) is 116 Å². The fourth-order valence-corrected chi connectivity index (χ4v) is 5.55. The summed E-state index contributed by atoms with van der Waals surface area (Å²) in [5, 5.41) is 8.54. The summed E-state index contributed by atoms with van der Waals surface area (Å²) in [5.74, 6) is 3.97. The van der Waals surface area contributed by atoms with Crippen LogP contribution in [0.1, 0.15) is 44.1 Å². The summed E-state index contributed by atoms with van der Waals surface area (Å²) in [4.78, 5) is 0. The molecular formula is C41H42N2O6. The largest absolute Gasteiger partial charge is 0.494 e. The molecule has 1 aromatic heterocycles. The molecule has 2 atom stereocenters. The van der Waals surface area contributed by atoms with Gasteiger partial charge < -0.3 is 28.4 Å². The number of aryl methyl sites for hydroxylation is 1. The number of unbranched alkanes of at least 4 members (excludes halogenated alkanes) is 2. The molecule has 8 nitrogen and oxygen atoms in total. The van der Waals surface area contributed by atoms with Gasteiger partial charge in [0.1, 0.15) is 23.0 Å². The second kappa shape index (κ2) is 16.0.